The van der Waals surface area contributed by atoms with E-state index >= 15 is 0 Å². The molecule has 1 aromatic carbocycles. The van der Waals surface area contributed by atoms with Crippen LogP contribution in [-0.4, -0.2) is 61.5 Å². The maximum atomic E-state index is 12.9. The molecule has 4 rings (SSSR count). The number of halogens is 3. The summed E-state index contributed by atoms with van der Waals surface area (Å²) in [5, 5.41) is 8.14. The molecule has 1 amide bonds. The normalized spacial score (nSPS) is 16.4. The van der Waals surface area contributed by atoms with Crippen molar-refractivity contribution in [2.45, 2.75) is 19.0 Å². The second kappa shape index (κ2) is 9.25. The fourth-order valence-electron chi connectivity index (χ4n) is 3.52. The van der Waals surface area contributed by atoms with Crippen molar-refractivity contribution in [1.29, 1.82) is 0 Å². The molecule has 0 bridgehead atoms. The molecule has 8 nitrogen and oxygen atoms in total. The first-order valence-corrected chi connectivity index (χ1v) is 9.76. The summed E-state index contributed by atoms with van der Waals surface area (Å²) in [6, 6.07) is 9.70. The number of imidazole rings is 1. The van der Waals surface area contributed by atoms with Gasteiger partial charge < -0.3 is 19.6 Å². The summed E-state index contributed by atoms with van der Waals surface area (Å²) in [5.74, 6) is -2.52. The highest BCUT2D eigenvalue weighted by Crippen LogP contribution is 2.23. The van der Waals surface area contributed by atoms with E-state index in [2.05, 4.69) is 9.97 Å². The standard InChI is InChI=1S/C19H20N4O2.C2HF3O2/c1-22-10-8-20-18(22)17(24)14-6-4-9-23(12-14)19(25)16-11-13-5-2-3-7-15(13)21-16;3-2(4,5)1(6)7/h2-3,5,7-8,10-11,14,21H,4,6,9,12H2,1H3;(H,6,7). The molecule has 170 valence electrons. The summed E-state index contributed by atoms with van der Waals surface area (Å²) in [7, 11) is 1.82. The lowest BCUT2D eigenvalue weighted by atomic mass is 9.93. The van der Waals surface area contributed by atoms with Gasteiger partial charge in [-0.3, -0.25) is 9.59 Å². The third kappa shape index (κ3) is 5.16. The highest BCUT2D eigenvalue weighted by Gasteiger charge is 2.38. The highest BCUT2D eigenvalue weighted by atomic mass is 19.4. The molecule has 1 atom stereocenters. The number of ketones is 1. The first-order chi connectivity index (χ1) is 15.1. The van der Waals surface area contributed by atoms with Gasteiger partial charge >= 0.3 is 12.1 Å². The lowest BCUT2D eigenvalue weighted by molar-refractivity contribution is -0.192. The number of carboxylic acids is 1. The molecule has 11 heteroatoms. The minimum Gasteiger partial charge on any atom is -0.475 e. The SMILES string of the molecule is Cn1ccnc1C(=O)C1CCCN(C(=O)c2cc3ccccc3[nH]2)C1.O=C(O)C(F)(F)F. The molecular formula is C21H21F3N4O4. The van der Waals surface area contributed by atoms with Crippen molar-refractivity contribution in [3.05, 3.63) is 54.2 Å². The number of alkyl halides is 3. The van der Waals surface area contributed by atoms with Crippen LogP contribution < -0.4 is 0 Å². The van der Waals surface area contributed by atoms with E-state index < -0.39 is 12.1 Å². The van der Waals surface area contributed by atoms with Crippen molar-refractivity contribution in [2.75, 3.05) is 13.1 Å². The number of nitrogens with zero attached hydrogens (tertiary/aromatic N) is 3. The van der Waals surface area contributed by atoms with Crippen LogP contribution in [0.5, 0.6) is 0 Å². The molecule has 1 aliphatic heterocycles. The topological polar surface area (TPSA) is 108 Å². The summed E-state index contributed by atoms with van der Waals surface area (Å²) in [5.41, 5.74) is 1.52. The van der Waals surface area contributed by atoms with Gasteiger partial charge in [-0.05, 0) is 25.0 Å². The van der Waals surface area contributed by atoms with Crippen molar-refractivity contribution in [3.8, 4) is 0 Å². The number of amides is 1. The van der Waals surface area contributed by atoms with Gasteiger partial charge in [0, 0.05) is 49.4 Å². The Bertz CT molecular complexity index is 1100. The number of aromatic nitrogens is 3. The van der Waals surface area contributed by atoms with Crippen LogP contribution >= 0.6 is 0 Å². The Kier molecular flexibility index (Phi) is 6.66. The van der Waals surface area contributed by atoms with Crippen molar-refractivity contribution in [1.82, 2.24) is 19.4 Å². The fourth-order valence-corrected chi connectivity index (χ4v) is 3.52. The number of rotatable bonds is 3. The number of carbonyl (C=O) groups is 3. The molecule has 1 fully saturated rings. The second-order valence-corrected chi connectivity index (χ2v) is 7.39. The van der Waals surface area contributed by atoms with Gasteiger partial charge in [-0.1, -0.05) is 18.2 Å². The number of benzene rings is 1. The second-order valence-electron chi connectivity index (χ2n) is 7.39. The van der Waals surface area contributed by atoms with Crippen LogP contribution in [0.4, 0.5) is 13.2 Å². The number of aliphatic carboxylic acids is 1. The number of hydrogen-bond donors (Lipinski definition) is 2. The van der Waals surface area contributed by atoms with Gasteiger partial charge in [-0.15, -0.1) is 0 Å². The molecule has 2 N–H and O–H groups in total. The summed E-state index contributed by atoms with van der Waals surface area (Å²) in [6.07, 6.45) is -0.0676. The lowest BCUT2D eigenvalue weighted by Crippen LogP contribution is -2.42. The summed E-state index contributed by atoms with van der Waals surface area (Å²) in [4.78, 5) is 43.6. The van der Waals surface area contributed by atoms with Gasteiger partial charge in [0.25, 0.3) is 5.91 Å². The molecule has 32 heavy (non-hydrogen) atoms. The lowest BCUT2D eigenvalue weighted by Gasteiger charge is -2.31. The smallest absolute Gasteiger partial charge is 0.475 e. The Hall–Kier alpha value is -3.63. The molecule has 0 aliphatic carbocycles. The Morgan fingerprint density at radius 1 is 1.22 bits per heavy atom. The van der Waals surface area contributed by atoms with E-state index in [1.807, 2.05) is 37.4 Å². The number of carbonyl (C=O) groups excluding carboxylic acids is 2. The van der Waals surface area contributed by atoms with E-state index in [1.165, 1.54) is 0 Å². The van der Waals surface area contributed by atoms with E-state index in [9.17, 15) is 22.8 Å². The van der Waals surface area contributed by atoms with E-state index in [4.69, 9.17) is 9.90 Å². The summed E-state index contributed by atoms with van der Waals surface area (Å²) in [6.45, 7) is 1.12. The minimum absolute atomic E-state index is 0.0154. The maximum Gasteiger partial charge on any atom is 0.490 e. The van der Waals surface area contributed by atoms with Crippen LogP contribution in [0.25, 0.3) is 10.9 Å². The van der Waals surface area contributed by atoms with Gasteiger partial charge in [0.15, 0.2) is 5.82 Å². The van der Waals surface area contributed by atoms with Crippen molar-refractivity contribution < 1.29 is 32.7 Å². The van der Waals surface area contributed by atoms with Gasteiger partial charge in [0.1, 0.15) is 5.69 Å². The number of Topliss-reactive ketones (excluding diaryl/α,β-unsaturated/α-hetero) is 1. The van der Waals surface area contributed by atoms with Crippen molar-refractivity contribution >= 4 is 28.6 Å². The zero-order valence-electron chi connectivity index (χ0n) is 17.1. The molecule has 0 radical (unpaired) electrons. The average Bonchev–Trinajstić information content (AvgIpc) is 3.38. The van der Waals surface area contributed by atoms with Crippen LogP contribution in [0.3, 0.4) is 0 Å². The quantitative estimate of drug-likeness (QED) is 0.596. The molecule has 3 aromatic rings. The number of nitrogens with one attached hydrogen (secondary N) is 1. The Labute approximate surface area is 180 Å². The van der Waals surface area contributed by atoms with Gasteiger partial charge in [-0.2, -0.15) is 13.2 Å². The highest BCUT2D eigenvalue weighted by molar-refractivity contribution is 5.99. The van der Waals surface area contributed by atoms with Gasteiger partial charge in [-0.25, -0.2) is 9.78 Å². The largest absolute Gasteiger partial charge is 0.490 e. The summed E-state index contributed by atoms with van der Waals surface area (Å²) < 4.78 is 33.5. The molecular weight excluding hydrogens is 429 g/mol. The molecule has 0 saturated carbocycles. The number of carboxylic acid groups (broad SMARTS) is 1. The Morgan fingerprint density at radius 3 is 2.50 bits per heavy atom. The van der Waals surface area contributed by atoms with Crippen LogP contribution in [0.2, 0.25) is 0 Å². The minimum atomic E-state index is -5.08. The monoisotopic (exact) mass is 450 g/mol. The third-order valence-electron chi connectivity index (χ3n) is 5.12. The number of aromatic amines is 1. The van der Waals surface area contributed by atoms with Crippen LogP contribution in [0.1, 0.15) is 33.9 Å². The molecule has 0 spiro atoms. The predicted molar refractivity (Wildman–Crippen MR) is 108 cm³/mol. The maximum absolute atomic E-state index is 12.9. The molecule has 1 aliphatic rings. The molecule has 1 saturated heterocycles. The zero-order valence-corrected chi connectivity index (χ0v) is 17.1. The van der Waals surface area contributed by atoms with Crippen molar-refractivity contribution in [2.24, 2.45) is 13.0 Å². The van der Waals surface area contributed by atoms with E-state index in [0.29, 0.717) is 24.6 Å². The first-order valence-electron chi connectivity index (χ1n) is 9.76. The van der Waals surface area contributed by atoms with Crippen LogP contribution in [-0.2, 0) is 11.8 Å². The molecule has 3 heterocycles. The van der Waals surface area contributed by atoms with Crippen LogP contribution in [0, 0.1) is 5.92 Å². The van der Waals surface area contributed by atoms with E-state index in [1.54, 1.807) is 21.9 Å². The fraction of sp³-hybridized carbons (Fsp3) is 0.333. The van der Waals surface area contributed by atoms with E-state index in [-0.39, 0.29) is 17.6 Å². The number of hydrogen-bond acceptors (Lipinski definition) is 4. The number of aryl methyl sites for hydroxylation is 1. The zero-order chi connectivity index (χ0) is 23.5. The van der Waals surface area contributed by atoms with Crippen molar-refractivity contribution in [3.63, 3.8) is 0 Å². The number of piperidine rings is 1. The van der Waals surface area contributed by atoms with E-state index in [0.717, 1.165) is 23.7 Å². The number of likely N-dealkylation sites (tertiary alicyclic amines) is 1. The summed E-state index contributed by atoms with van der Waals surface area (Å²) >= 11 is 0. The molecule has 1 unspecified atom stereocenters. The molecule has 2 aromatic heterocycles. The average molecular weight is 450 g/mol. The first kappa shape index (κ1) is 23.0. The number of fused-ring (bicyclic) bond motifs is 1. The van der Waals surface area contributed by atoms with Gasteiger partial charge in [0.2, 0.25) is 5.78 Å². The van der Waals surface area contributed by atoms with Crippen LogP contribution in [0.15, 0.2) is 42.7 Å². The number of para-hydroxylation sites is 1. The third-order valence-corrected chi connectivity index (χ3v) is 5.12. The Balaban J connectivity index is 0.000000360. The predicted octanol–water partition coefficient (Wildman–Crippen LogP) is 3.27. The van der Waals surface area contributed by atoms with Gasteiger partial charge in [0.05, 0.1) is 0 Å². The Morgan fingerprint density at radius 2 is 1.91 bits per heavy atom. The number of H-pyrrole nitrogens is 1.